The first kappa shape index (κ1) is 20.1. The van der Waals surface area contributed by atoms with E-state index in [4.69, 9.17) is 16.3 Å². The summed E-state index contributed by atoms with van der Waals surface area (Å²) in [5.74, 6) is -0.976. The molecule has 0 aromatic heterocycles. The largest absolute Gasteiger partial charge is 0.378 e. The highest BCUT2D eigenvalue weighted by Gasteiger charge is 2.42. The van der Waals surface area contributed by atoms with Crippen molar-refractivity contribution < 1.29 is 19.1 Å². The van der Waals surface area contributed by atoms with E-state index in [9.17, 15) is 14.4 Å². The third kappa shape index (κ3) is 3.81. The number of anilines is 2. The van der Waals surface area contributed by atoms with Crippen molar-refractivity contribution in [3.8, 4) is 0 Å². The van der Waals surface area contributed by atoms with Gasteiger partial charge in [-0.3, -0.25) is 14.4 Å². The Hall–Kier alpha value is -3.16. The van der Waals surface area contributed by atoms with E-state index in [0.717, 1.165) is 4.90 Å². The lowest BCUT2D eigenvalue weighted by molar-refractivity contribution is -0.121. The Balaban J connectivity index is 1.78. The van der Waals surface area contributed by atoms with Gasteiger partial charge in [0, 0.05) is 30.7 Å². The molecule has 30 heavy (non-hydrogen) atoms. The number of nitrogens with one attached hydrogen (secondary N) is 1. The van der Waals surface area contributed by atoms with Gasteiger partial charge in [0.15, 0.2) is 0 Å². The number of carbonyl (C=O) groups is 3. The van der Waals surface area contributed by atoms with Gasteiger partial charge in [-0.05, 0) is 35.9 Å². The number of halogens is 1. The first-order valence-corrected chi connectivity index (χ1v) is 9.93. The van der Waals surface area contributed by atoms with Gasteiger partial charge in [0.05, 0.1) is 24.5 Å². The molecule has 2 aliphatic rings. The summed E-state index contributed by atoms with van der Waals surface area (Å²) in [6, 6.07) is 13.5. The van der Waals surface area contributed by atoms with Crippen molar-refractivity contribution in [2.45, 2.75) is 6.92 Å². The monoisotopic (exact) mass is 425 g/mol. The molecule has 1 N–H and O–H groups in total. The Morgan fingerprint density at radius 1 is 1.03 bits per heavy atom. The number of carbonyl (C=O) groups excluding carboxylic acids is 3. The second kappa shape index (κ2) is 8.30. The van der Waals surface area contributed by atoms with Crippen LogP contribution < -0.4 is 10.2 Å². The van der Waals surface area contributed by atoms with E-state index in [1.807, 2.05) is 4.90 Å². The normalized spacial score (nSPS) is 17.0. The van der Waals surface area contributed by atoms with Gasteiger partial charge in [-0.25, -0.2) is 4.90 Å². The fourth-order valence-electron chi connectivity index (χ4n) is 3.63. The molecule has 2 aliphatic heterocycles. The van der Waals surface area contributed by atoms with Crippen molar-refractivity contribution >= 4 is 46.3 Å². The highest BCUT2D eigenvalue weighted by molar-refractivity contribution is 6.45. The van der Waals surface area contributed by atoms with Gasteiger partial charge in [-0.15, -0.1) is 0 Å². The van der Waals surface area contributed by atoms with Crippen LogP contribution in [0.4, 0.5) is 11.4 Å². The van der Waals surface area contributed by atoms with Gasteiger partial charge in [0.1, 0.15) is 5.70 Å². The highest BCUT2D eigenvalue weighted by atomic mass is 35.5. The number of hydrogen-bond acceptors (Lipinski definition) is 5. The Morgan fingerprint density at radius 2 is 1.73 bits per heavy atom. The molecule has 0 atom stereocenters. The van der Waals surface area contributed by atoms with Crippen molar-refractivity contribution in [1.82, 2.24) is 4.90 Å². The van der Waals surface area contributed by atoms with Crippen molar-refractivity contribution in [2.75, 3.05) is 36.5 Å². The first-order chi connectivity index (χ1) is 14.5. The third-order valence-corrected chi connectivity index (χ3v) is 5.18. The molecule has 0 saturated carbocycles. The van der Waals surface area contributed by atoms with E-state index < -0.39 is 5.91 Å². The fraction of sp³-hybridized carbons (Fsp3) is 0.227. The van der Waals surface area contributed by atoms with Crippen molar-refractivity contribution in [1.29, 1.82) is 0 Å². The molecule has 1 fully saturated rings. The fourth-order valence-corrected chi connectivity index (χ4v) is 3.82. The number of imide groups is 1. The summed E-state index contributed by atoms with van der Waals surface area (Å²) in [4.78, 5) is 41.1. The van der Waals surface area contributed by atoms with Crippen LogP contribution in [0.25, 0.3) is 5.57 Å². The predicted molar refractivity (Wildman–Crippen MR) is 114 cm³/mol. The minimum Gasteiger partial charge on any atom is -0.378 e. The molecular formula is C22H20ClN3O4. The summed E-state index contributed by atoms with van der Waals surface area (Å²) in [6.45, 7) is 3.43. The summed E-state index contributed by atoms with van der Waals surface area (Å²) in [5.41, 5.74) is 2.33. The molecule has 3 amide bonds. The molecule has 0 aliphatic carbocycles. The standard InChI is InChI=1S/C22H20ClN3O4/c1-14(27)24-17-7-5-15(6-8-17)19-20(25-9-11-30-12-10-25)22(29)26(21(19)28)18-4-2-3-16(23)13-18/h2-8,13H,9-12H2,1H3,(H,24,27). The molecule has 0 radical (unpaired) electrons. The molecule has 8 heteroatoms. The number of amides is 3. The molecule has 2 heterocycles. The van der Waals surface area contributed by atoms with Gasteiger partial charge in [-0.2, -0.15) is 0 Å². The number of benzene rings is 2. The molecule has 0 unspecified atom stereocenters. The van der Waals surface area contributed by atoms with E-state index in [2.05, 4.69) is 5.32 Å². The average Bonchev–Trinajstić information content (AvgIpc) is 2.99. The third-order valence-electron chi connectivity index (χ3n) is 4.95. The van der Waals surface area contributed by atoms with Gasteiger partial charge in [0.25, 0.3) is 11.8 Å². The molecule has 7 nitrogen and oxygen atoms in total. The van der Waals surface area contributed by atoms with Crippen LogP contribution in [0.3, 0.4) is 0 Å². The zero-order valence-corrected chi connectivity index (χ0v) is 17.1. The number of nitrogens with zero attached hydrogens (tertiary/aromatic N) is 2. The van der Waals surface area contributed by atoms with E-state index in [1.54, 1.807) is 48.5 Å². The van der Waals surface area contributed by atoms with Crippen LogP contribution in [0, 0.1) is 0 Å². The van der Waals surface area contributed by atoms with Crippen LogP contribution in [0.15, 0.2) is 54.2 Å². The van der Waals surface area contributed by atoms with E-state index in [0.29, 0.717) is 59.5 Å². The van der Waals surface area contributed by atoms with Gasteiger partial charge in [-0.1, -0.05) is 29.8 Å². The zero-order chi connectivity index (χ0) is 21.3. The highest BCUT2D eigenvalue weighted by Crippen LogP contribution is 2.36. The minimum atomic E-state index is -0.406. The van der Waals surface area contributed by atoms with Gasteiger partial charge in [0.2, 0.25) is 5.91 Å². The molecule has 4 rings (SSSR count). The number of rotatable bonds is 4. The van der Waals surface area contributed by atoms with Crippen LogP contribution in [0.2, 0.25) is 5.02 Å². The average molecular weight is 426 g/mol. The van der Waals surface area contributed by atoms with Crippen LogP contribution >= 0.6 is 11.6 Å². The SMILES string of the molecule is CC(=O)Nc1ccc(C2=C(N3CCOCC3)C(=O)N(c3cccc(Cl)c3)C2=O)cc1. The number of morpholine rings is 1. The molecule has 0 spiro atoms. The van der Waals surface area contributed by atoms with Gasteiger partial charge < -0.3 is 15.0 Å². The summed E-state index contributed by atoms with van der Waals surface area (Å²) in [7, 11) is 0. The molecule has 1 saturated heterocycles. The van der Waals surface area contributed by atoms with Crippen LogP contribution in [-0.2, 0) is 19.1 Å². The summed E-state index contributed by atoms with van der Waals surface area (Å²) < 4.78 is 5.41. The summed E-state index contributed by atoms with van der Waals surface area (Å²) >= 11 is 6.09. The van der Waals surface area contributed by atoms with E-state index in [1.165, 1.54) is 6.92 Å². The van der Waals surface area contributed by atoms with Crippen LogP contribution in [0.1, 0.15) is 12.5 Å². The molecular weight excluding hydrogens is 406 g/mol. The van der Waals surface area contributed by atoms with Crippen molar-refractivity contribution in [3.05, 3.63) is 64.8 Å². The Morgan fingerprint density at radius 3 is 2.37 bits per heavy atom. The van der Waals surface area contributed by atoms with Gasteiger partial charge >= 0.3 is 0 Å². The first-order valence-electron chi connectivity index (χ1n) is 9.55. The molecule has 0 bridgehead atoms. The maximum atomic E-state index is 13.4. The lowest BCUT2D eigenvalue weighted by atomic mass is 10.0. The molecule has 2 aromatic rings. The van der Waals surface area contributed by atoms with Crippen LogP contribution in [0.5, 0.6) is 0 Å². The number of ether oxygens (including phenoxy) is 1. The summed E-state index contributed by atoms with van der Waals surface area (Å²) in [5, 5.41) is 3.14. The topological polar surface area (TPSA) is 79.0 Å². The lowest BCUT2D eigenvalue weighted by Crippen LogP contribution is -2.40. The lowest BCUT2D eigenvalue weighted by Gasteiger charge is -2.29. The van der Waals surface area contributed by atoms with E-state index in [-0.39, 0.29) is 11.8 Å². The number of hydrogen-bond donors (Lipinski definition) is 1. The van der Waals surface area contributed by atoms with Crippen molar-refractivity contribution in [2.24, 2.45) is 0 Å². The van der Waals surface area contributed by atoms with E-state index >= 15 is 0 Å². The maximum Gasteiger partial charge on any atom is 0.282 e. The molecule has 154 valence electrons. The summed E-state index contributed by atoms with van der Waals surface area (Å²) in [6.07, 6.45) is 0. The maximum absolute atomic E-state index is 13.4. The predicted octanol–water partition coefficient (Wildman–Crippen LogP) is 2.92. The van der Waals surface area contributed by atoms with Crippen LogP contribution in [-0.4, -0.2) is 48.9 Å². The Bertz CT molecular complexity index is 1040. The Labute approximate surface area is 178 Å². The second-order valence-corrected chi connectivity index (χ2v) is 7.44. The second-order valence-electron chi connectivity index (χ2n) is 7.01. The minimum absolute atomic E-state index is 0.185. The van der Waals surface area contributed by atoms with Crippen molar-refractivity contribution in [3.63, 3.8) is 0 Å². The smallest absolute Gasteiger partial charge is 0.282 e. The quantitative estimate of drug-likeness (QED) is 0.762. The Kier molecular flexibility index (Phi) is 5.57. The molecule has 2 aromatic carbocycles. The zero-order valence-electron chi connectivity index (χ0n) is 16.4.